The smallest absolute Gasteiger partial charge is 0.299 e. The van der Waals surface area contributed by atoms with Crippen LogP contribution in [0.1, 0.15) is 11.1 Å². The van der Waals surface area contributed by atoms with E-state index >= 15 is 0 Å². The number of carbonyl (C=O) groups is 1. The zero-order valence-electron chi connectivity index (χ0n) is 10.9. The molecule has 0 fully saturated rings. The number of nitrogens with one attached hydrogen (secondary N) is 2. The number of anilines is 1. The Balaban J connectivity index is 1.94. The standard InChI is InChI=1S/C15H13F3N2O/c16-15(17,18)12-6-4-5-11(9-12)10-14(21)20-19-13-7-2-1-3-8-13/h1-9,19H,10H2,(H,20,21). The molecule has 2 rings (SSSR count). The number of para-hydroxylation sites is 1. The Morgan fingerprint density at radius 3 is 2.38 bits per heavy atom. The maximum atomic E-state index is 12.6. The van der Waals surface area contributed by atoms with Crippen LogP contribution in [0, 0.1) is 0 Å². The first-order valence-corrected chi connectivity index (χ1v) is 6.21. The van der Waals surface area contributed by atoms with E-state index in [2.05, 4.69) is 10.9 Å². The van der Waals surface area contributed by atoms with Crippen LogP contribution in [0.5, 0.6) is 0 Å². The predicted octanol–water partition coefficient (Wildman–Crippen LogP) is 3.39. The van der Waals surface area contributed by atoms with Crippen LogP contribution in [0.25, 0.3) is 0 Å². The molecule has 0 heterocycles. The molecule has 2 aromatic rings. The summed E-state index contributed by atoms with van der Waals surface area (Å²) in [5, 5.41) is 0. The second-order valence-corrected chi connectivity index (χ2v) is 4.41. The highest BCUT2D eigenvalue weighted by molar-refractivity contribution is 5.79. The van der Waals surface area contributed by atoms with Gasteiger partial charge in [0.05, 0.1) is 17.7 Å². The predicted molar refractivity (Wildman–Crippen MR) is 73.4 cm³/mol. The van der Waals surface area contributed by atoms with Gasteiger partial charge in [-0.25, -0.2) is 0 Å². The third-order valence-corrected chi connectivity index (χ3v) is 2.74. The van der Waals surface area contributed by atoms with Gasteiger partial charge >= 0.3 is 6.18 Å². The summed E-state index contributed by atoms with van der Waals surface area (Å²) in [4.78, 5) is 11.7. The molecule has 0 bridgehead atoms. The van der Waals surface area contributed by atoms with E-state index in [0.29, 0.717) is 11.3 Å². The van der Waals surface area contributed by atoms with E-state index in [1.54, 1.807) is 24.3 Å². The number of amides is 1. The zero-order valence-corrected chi connectivity index (χ0v) is 10.9. The lowest BCUT2D eigenvalue weighted by molar-refractivity contribution is -0.137. The van der Waals surface area contributed by atoms with Crippen molar-refractivity contribution in [3.63, 3.8) is 0 Å². The molecule has 0 aliphatic heterocycles. The van der Waals surface area contributed by atoms with Gasteiger partial charge in [0.2, 0.25) is 5.91 Å². The SMILES string of the molecule is O=C(Cc1cccc(C(F)(F)F)c1)NNc1ccccc1. The highest BCUT2D eigenvalue weighted by atomic mass is 19.4. The van der Waals surface area contributed by atoms with E-state index in [4.69, 9.17) is 0 Å². The van der Waals surface area contributed by atoms with Gasteiger partial charge in [0.1, 0.15) is 0 Å². The fourth-order valence-electron chi connectivity index (χ4n) is 1.75. The summed E-state index contributed by atoms with van der Waals surface area (Å²) < 4.78 is 37.7. The molecule has 2 aromatic carbocycles. The Morgan fingerprint density at radius 1 is 1.00 bits per heavy atom. The molecule has 0 saturated carbocycles. The zero-order chi connectivity index (χ0) is 15.3. The van der Waals surface area contributed by atoms with E-state index in [-0.39, 0.29) is 6.42 Å². The van der Waals surface area contributed by atoms with E-state index in [9.17, 15) is 18.0 Å². The summed E-state index contributed by atoms with van der Waals surface area (Å²) in [5.74, 6) is -0.418. The lowest BCUT2D eigenvalue weighted by Gasteiger charge is -2.10. The van der Waals surface area contributed by atoms with Crippen molar-refractivity contribution in [1.29, 1.82) is 0 Å². The van der Waals surface area contributed by atoms with Gasteiger partial charge < -0.3 is 0 Å². The highest BCUT2D eigenvalue weighted by Gasteiger charge is 2.30. The first-order chi connectivity index (χ1) is 9.95. The van der Waals surface area contributed by atoms with Crippen LogP contribution < -0.4 is 10.9 Å². The summed E-state index contributed by atoms with van der Waals surface area (Å²) in [7, 11) is 0. The van der Waals surface area contributed by atoms with Gasteiger partial charge in [-0.1, -0.05) is 36.4 Å². The normalized spacial score (nSPS) is 11.0. The van der Waals surface area contributed by atoms with E-state index in [1.807, 2.05) is 6.07 Å². The summed E-state index contributed by atoms with van der Waals surface area (Å²) in [5.41, 5.74) is 5.36. The van der Waals surface area contributed by atoms with E-state index in [0.717, 1.165) is 12.1 Å². The van der Waals surface area contributed by atoms with Crippen molar-refractivity contribution in [2.45, 2.75) is 12.6 Å². The van der Waals surface area contributed by atoms with Gasteiger partial charge in [-0.2, -0.15) is 13.2 Å². The number of hydrogen-bond donors (Lipinski definition) is 2. The maximum absolute atomic E-state index is 12.6. The third-order valence-electron chi connectivity index (χ3n) is 2.74. The second kappa shape index (κ2) is 6.30. The molecule has 0 aliphatic carbocycles. The van der Waals surface area contributed by atoms with Crippen LogP contribution in [0.2, 0.25) is 0 Å². The lowest BCUT2D eigenvalue weighted by Crippen LogP contribution is -2.30. The molecule has 3 nitrogen and oxygen atoms in total. The molecule has 1 amide bonds. The Morgan fingerprint density at radius 2 is 1.71 bits per heavy atom. The minimum absolute atomic E-state index is 0.135. The number of carbonyl (C=O) groups excluding carboxylic acids is 1. The summed E-state index contributed by atoms with van der Waals surface area (Å²) in [6.07, 6.45) is -4.54. The first kappa shape index (κ1) is 14.9. The number of benzene rings is 2. The molecule has 6 heteroatoms. The van der Waals surface area contributed by atoms with Crippen molar-refractivity contribution in [3.8, 4) is 0 Å². The molecule has 0 atom stereocenters. The van der Waals surface area contributed by atoms with E-state index in [1.165, 1.54) is 12.1 Å². The number of hydrogen-bond acceptors (Lipinski definition) is 2. The molecule has 0 unspecified atom stereocenters. The number of alkyl halides is 3. The van der Waals surface area contributed by atoms with Crippen molar-refractivity contribution in [1.82, 2.24) is 5.43 Å². The molecule has 110 valence electrons. The van der Waals surface area contributed by atoms with Crippen LogP contribution >= 0.6 is 0 Å². The Labute approximate surface area is 119 Å². The van der Waals surface area contributed by atoms with Gasteiger partial charge in [-0.15, -0.1) is 0 Å². The highest BCUT2D eigenvalue weighted by Crippen LogP contribution is 2.29. The minimum Gasteiger partial charge on any atom is -0.299 e. The lowest BCUT2D eigenvalue weighted by atomic mass is 10.1. The summed E-state index contributed by atoms with van der Waals surface area (Å²) >= 11 is 0. The van der Waals surface area contributed by atoms with E-state index < -0.39 is 17.6 Å². The molecular weight excluding hydrogens is 281 g/mol. The third kappa shape index (κ3) is 4.52. The monoisotopic (exact) mass is 294 g/mol. The second-order valence-electron chi connectivity index (χ2n) is 4.41. The molecule has 0 aromatic heterocycles. The molecule has 21 heavy (non-hydrogen) atoms. The average Bonchev–Trinajstić information content (AvgIpc) is 2.46. The Bertz CT molecular complexity index is 612. The topological polar surface area (TPSA) is 41.1 Å². The van der Waals surface area contributed by atoms with Crippen molar-refractivity contribution >= 4 is 11.6 Å². The summed E-state index contributed by atoms with van der Waals surface area (Å²) in [6, 6.07) is 13.6. The Hall–Kier alpha value is -2.50. The average molecular weight is 294 g/mol. The first-order valence-electron chi connectivity index (χ1n) is 6.21. The molecule has 0 spiro atoms. The molecular formula is C15H13F3N2O. The van der Waals surface area contributed by atoms with Crippen LogP contribution in [0.3, 0.4) is 0 Å². The van der Waals surface area contributed by atoms with Crippen molar-refractivity contribution in [2.24, 2.45) is 0 Å². The van der Waals surface area contributed by atoms with Crippen molar-refractivity contribution < 1.29 is 18.0 Å². The van der Waals surface area contributed by atoms with Gasteiger partial charge in [0.15, 0.2) is 0 Å². The molecule has 2 N–H and O–H groups in total. The fourth-order valence-corrected chi connectivity index (χ4v) is 1.75. The molecule has 0 saturated heterocycles. The van der Waals surface area contributed by atoms with Crippen LogP contribution in [-0.2, 0) is 17.4 Å². The van der Waals surface area contributed by atoms with Gasteiger partial charge in [0.25, 0.3) is 0 Å². The van der Waals surface area contributed by atoms with Crippen LogP contribution in [0.15, 0.2) is 54.6 Å². The summed E-state index contributed by atoms with van der Waals surface area (Å²) in [6.45, 7) is 0. The van der Waals surface area contributed by atoms with Crippen molar-refractivity contribution in [2.75, 3.05) is 5.43 Å². The number of hydrazine groups is 1. The van der Waals surface area contributed by atoms with Gasteiger partial charge in [-0.3, -0.25) is 15.6 Å². The number of halogens is 3. The Kier molecular flexibility index (Phi) is 4.47. The van der Waals surface area contributed by atoms with Gasteiger partial charge in [0, 0.05) is 0 Å². The van der Waals surface area contributed by atoms with Crippen molar-refractivity contribution in [3.05, 3.63) is 65.7 Å². The fraction of sp³-hybridized carbons (Fsp3) is 0.133. The molecule has 0 radical (unpaired) electrons. The molecule has 0 aliphatic rings. The maximum Gasteiger partial charge on any atom is 0.416 e. The number of rotatable bonds is 4. The van der Waals surface area contributed by atoms with Crippen LogP contribution in [-0.4, -0.2) is 5.91 Å². The quantitative estimate of drug-likeness (QED) is 0.849. The largest absolute Gasteiger partial charge is 0.416 e. The van der Waals surface area contributed by atoms with Gasteiger partial charge in [-0.05, 0) is 23.8 Å². The minimum atomic E-state index is -4.41. The van der Waals surface area contributed by atoms with Crippen LogP contribution in [0.4, 0.5) is 18.9 Å².